The molecule has 0 fully saturated rings. The van der Waals surface area contributed by atoms with Gasteiger partial charge in [-0.3, -0.25) is 10.1 Å². The van der Waals surface area contributed by atoms with Crippen LogP contribution in [0.4, 0.5) is 11.4 Å². The molecule has 1 rings (SSSR count). The molecule has 6 heteroatoms. The third-order valence-corrected chi connectivity index (χ3v) is 2.66. The van der Waals surface area contributed by atoms with E-state index < -0.39 is 4.92 Å². The van der Waals surface area contributed by atoms with Gasteiger partial charge in [0.1, 0.15) is 5.69 Å². The number of nitrogens with zero attached hydrogens (tertiary/aromatic N) is 1. The first-order valence-electron chi connectivity index (χ1n) is 5.40. The lowest BCUT2D eigenvalue weighted by Crippen LogP contribution is -2.12. The maximum atomic E-state index is 10.8. The highest BCUT2D eigenvalue weighted by Gasteiger charge is 2.13. The Kier molecular flexibility index (Phi) is 5.18. The fourth-order valence-corrected chi connectivity index (χ4v) is 1.55. The van der Waals surface area contributed by atoms with Crippen molar-refractivity contribution in [2.45, 2.75) is 25.9 Å². The smallest absolute Gasteiger partial charge is 0.293 e. The van der Waals surface area contributed by atoms with Crippen LogP contribution in [-0.4, -0.2) is 22.7 Å². The van der Waals surface area contributed by atoms with Gasteiger partial charge in [0, 0.05) is 17.6 Å². The number of aliphatic hydroxyl groups is 1. The number of nitrogens with one attached hydrogen (secondary N) is 1. The van der Waals surface area contributed by atoms with Gasteiger partial charge < -0.3 is 10.4 Å². The van der Waals surface area contributed by atoms with Crippen molar-refractivity contribution in [3.8, 4) is 0 Å². The first kappa shape index (κ1) is 13.7. The Hall–Kier alpha value is -1.33. The minimum atomic E-state index is -0.482. The summed E-state index contributed by atoms with van der Waals surface area (Å²) < 4.78 is 0. The molecule has 0 bridgehead atoms. The molecule has 0 amide bonds. The topological polar surface area (TPSA) is 75.4 Å². The van der Waals surface area contributed by atoms with Gasteiger partial charge in [-0.2, -0.15) is 0 Å². The average molecular weight is 259 g/mol. The summed E-state index contributed by atoms with van der Waals surface area (Å²) in [6.07, 6.45) is 0.842. The molecular weight excluding hydrogens is 244 g/mol. The fourth-order valence-electron chi connectivity index (χ4n) is 1.38. The normalized spacial score (nSPS) is 12.2. The molecule has 0 saturated carbocycles. The minimum Gasteiger partial charge on any atom is -0.393 e. The van der Waals surface area contributed by atoms with E-state index in [1.807, 2.05) is 6.92 Å². The van der Waals surface area contributed by atoms with Crippen LogP contribution in [-0.2, 0) is 0 Å². The van der Waals surface area contributed by atoms with Crippen LogP contribution in [0, 0.1) is 10.1 Å². The quantitative estimate of drug-likeness (QED) is 0.608. The standard InChI is InChI=1S/C11H15ClN2O3/c1-2-9(15)5-6-13-10-4-3-8(12)7-11(10)14(16)17/h3-4,7,9,13,15H,2,5-6H2,1H3. The summed E-state index contributed by atoms with van der Waals surface area (Å²) in [4.78, 5) is 10.3. The molecule has 0 aromatic heterocycles. The Morgan fingerprint density at radius 3 is 2.88 bits per heavy atom. The van der Waals surface area contributed by atoms with E-state index in [9.17, 15) is 15.2 Å². The van der Waals surface area contributed by atoms with Gasteiger partial charge in [-0.05, 0) is 25.0 Å². The van der Waals surface area contributed by atoms with Crippen LogP contribution >= 0.6 is 11.6 Å². The number of aliphatic hydroxyl groups excluding tert-OH is 1. The van der Waals surface area contributed by atoms with E-state index in [2.05, 4.69) is 5.32 Å². The average Bonchev–Trinajstić information content (AvgIpc) is 2.30. The zero-order valence-corrected chi connectivity index (χ0v) is 10.3. The van der Waals surface area contributed by atoms with Crippen LogP contribution in [0.3, 0.4) is 0 Å². The molecule has 0 aliphatic carbocycles. The highest BCUT2D eigenvalue weighted by atomic mass is 35.5. The zero-order chi connectivity index (χ0) is 12.8. The predicted molar refractivity (Wildman–Crippen MR) is 67.5 cm³/mol. The van der Waals surface area contributed by atoms with E-state index in [0.717, 1.165) is 0 Å². The Bertz CT molecular complexity index is 398. The second-order valence-corrected chi connectivity index (χ2v) is 4.13. The van der Waals surface area contributed by atoms with E-state index in [4.69, 9.17) is 11.6 Å². The molecule has 1 aromatic carbocycles. The highest BCUT2D eigenvalue weighted by molar-refractivity contribution is 6.30. The number of rotatable bonds is 6. The molecule has 0 heterocycles. The van der Waals surface area contributed by atoms with Crippen molar-refractivity contribution in [3.05, 3.63) is 33.3 Å². The summed E-state index contributed by atoms with van der Waals surface area (Å²) in [5, 5.41) is 23.4. The van der Waals surface area contributed by atoms with E-state index in [-0.39, 0.29) is 11.8 Å². The minimum absolute atomic E-state index is 0.0523. The lowest BCUT2D eigenvalue weighted by atomic mass is 10.2. The van der Waals surface area contributed by atoms with Gasteiger partial charge in [0.15, 0.2) is 0 Å². The van der Waals surface area contributed by atoms with Crippen LogP contribution in [0.25, 0.3) is 0 Å². The molecule has 5 nitrogen and oxygen atoms in total. The van der Waals surface area contributed by atoms with Crippen molar-refractivity contribution in [3.63, 3.8) is 0 Å². The Labute approximate surface area is 105 Å². The van der Waals surface area contributed by atoms with Gasteiger partial charge in [-0.25, -0.2) is 0 Å². The number of nitro benzene ring substituents is 1. The maximum Gasteiger partial charge on any atom is 0.293 e. The number of anilines is 1. The summed E-state index contributed by atoms with van der Waals surface area (Å²) in [5.74, 6) is 0. The molecule has 1 aromatic rings. The van der Waals surface area contributed by atoms with Gasteiger partial charge in [0.25, 0.3) is 5.69 Å². The van der Waals surface area contributed by atoms with Crippen LogP contribution in [0.1, 0.15) is 19.8 Å². The summed E-state index contributed by atoms with van der Waals surface area (Å²) in [5.41, 5.74) is 0.367. The third kappa shape index (κ3) is 4.20. The largest absolute Gasteiger partial charge is 0.393 e. The van der Waals surface area contributed by atoms with Crippen molar-refractivity contribution in [1.29, 1.82) is 0 Å². The number of hydrogen-bond donors (Lipinski definition) is 2. The summed E-state index contributed by atoms with van der Waals surface area (Å²) >= 11 is 5.70. The van der Waals surface area contributed by atoms with E-state index >= 15 is 0 Å². The Morgan fingerprint density at radius 1 is 1.59 bits per heavy atom. The summed E-state index contributed by atoms with van der Waals surface area (Å²) in [6.45, 7) is 2.37. The van der Waals surface area contributed by atoms with Gasteiger partial charge in [-0.1, -0.05) is 18.5 Å². The van der Waals surface area contributed by atoms with Gasteiger partial charge >= 0.3 is 0 Å². The van der Waals surface area contributed by atoms with Crippen molar-refractivity contribution >= 4 is 23.0 Å². The van der Waals surface area contributed by atoms with Crippen LogP contribution in [0.15, 0.2) is 18.2 Å². The molecule has 0 spiro atoms. The first-order chi connectivity index (χ1) is 8.04. The molecule has 1 atom stereocenters. The first-order valence-corrected chi connectivity index (χ1v) is 5.78. The van der Waals surface area contributed by atoms with Crippen molar-refractivity contribution < 1.29 is 10.0 Å². The molecule has 0 saturated heterocycles. The van der Waals surface area contributed by atoms with Crippen molar-refractivity contribution in [2.75, 3.05) is 11.9 Å². The molecule has 94 valence electrons. The molecule has 17 heavy (non-hydrogen) atoms. The van der Waals surface area contributed by atoms with Crippen molar-refractivity contribution in [1.82, 2.24) is 0 Å². The van der Waals surface area contributed by atoms with E-state index in [0.29, 0.717) is 30.1 Å². The Balaban J connectivity index is 2.67. The lowest BCUT2D eigenvalue weighted by Gasteiger charge is -2.10. The molecule has 0 aliphatic rings. The predicted octanol–water partition coefficient (Wildman–Crippen LogP) is 2.82. The monoisotopic (exact) mass is 258 g/mol. The van der Waals surface area contributed by atoms with E-state index in [1.165, 1.54) is 6.07 Å². The molecule has 2 N–H and O–H groups in total. The second kappa shape index (κ2) is 6.42. The summed E-state index contributed by atoms with van der Waals surface area (Å²) in [6, 6.07) is 4.46. The molecule has 1 unspecified atom stereocenters. The van der Waals surface area contributed by atoms with Gasteiger partial charge in [0.05, 0.1) is 11.0 Å². The summed E-state index contributed by atoms with van der Waals surface area (Å²) in [7, 11) is 0. The van der Waals surface area contributed by atoms with Crippen molar-refractivity contribution in [2.24, 2.45) is 0 Å². The van der Waals surface area contributed by atoms with Gasteiger partial charge in [-0.15, -0.1) is 0 Å². The second-order valence-electron chi connectivity index (χ2n) is 3.70. The van der Waals surface area contributed by atoms with Crippen LogP contribution < -0.4 is 5.32 Å². The SMILES string of the molecule is CCC(O)CCNc1ccc(Cl)cc1[N+](=O)[O-]. The van der Waals surface area contributed by atoms with Crippen LogP contribution in [0.2, 0.25) is 5.02 Å². The van der Waals surface area contributed by atoms with E-state index in [1.54, 1.807) is 12.1 Å². The number of nitro groups is 1. The third-order valence-electron chi connectivity index (χ3n) is 2.42. The van der Waals surface area contributed by atoms with Gasteiger partial charge in [0.2, 0.25) is 0 Å². The number of hydrogen-bond acceptors (Lipinski definition) is 4. The molecule has 0 aliphatic heterocycles. The van der Waals surface area contributed by atoms with Crippen LogP contribution in [0.5, 0.6) is 0 Å². The number of benzene rings is 1. The molecule has 0 radical (unpaired) electrons. The number of halogens is 1. The lowest BCUT2D eigenvalue weighted by molar-refractivity contribution is -0.383. The molecular formula is C11H15ClN2O3. The maximum absolute atomic E-state index is 10.8. The fraction of sp³-hybridized carbons (Fsp3) is 0.455. The zero-order valence-electron chi connectivity index (χ0n) is 9.52. The highest BCUT2D eigenvalue weighted by Crippen LogP contribution is 2.27. The Morgan fingerprint density at radius 2 is 2.29 bits per heavy atom.